The van der Waals surface area contributed by atoms with Crippen LogP contribution < -0.4 is 4.72 Å². The first-order chi connectivity index (χ1) is 7.74. The lowest BCUT2D eigenvalue weighted by Crippen LogP contribution is -2.38. The molecule has 0 aliphatic carbocycles. The van der Waals surface area contributed by atoms with Crippen LogP contribution in [0.2, 0.25) is 0 Å². The van der Waals surface area contributed by atoms with Crippen LogP contribution in [0.1, 0.15) is 12.5 Å². The highest BCUT2D eigenvalue weighted by Gasteiger charge is 2.23. The minimum absolute atomic E-state index is 0.0694. The first-order valence-electron chi connectivity index (χ1n) is 4.75. The van der Waals surface area contributed by atoms with Crippen LogP contribution in [-0.2, 0) is 14.8 Å². The van der Waals surface area contributed by atoms with Crippen LogP contribution in [-0.4, -0.2) is 25.5 Å². The summed E-state index contributed by atoms with van der Waals surface area (Å²) in [6.07, 6.45) is 0. The summed E-state index contributed by atoms with van der Waals surface area (Å²) >= 11 is 3.18. The first-order valence-corrected chi connectivity index (χ1v) is 7.03. The zero-order valence-corrected chi connectivity index (χ0v) is 11.7. The molecule has 5 nitrogen and oxygen atoms in total. The Morgan fingerprint density at radius 2 is 2.06 bits per heavy atom. The van der Waals surface area contributed by atoms with Crippen LogP contribution in [0.15, 0.2) is 27.6 Å². The van der Waals surface area contributed by atoms with Crippen LogP contribution in [0.5, 0.6) is 0 Å². The molecule has 0 amide bonds. The molecule has 0 fully saturated rings. The molecular formula is C10H12BrNO4S. The fourth-order valence-corrected chi connectivity index (χ4v) is 3.19. The molecule has 0 aromatic heterocycles. The highest BCUT2D eigenvalue weighted by atomic mass is 79.9. The van der Waals surface area contributed by atoms with Crippen molar-refractivity contribution in [1.82, 2.24) is 4.72 Å². The van der Waals surface area contributed by atoms with E-state index >= 15 is 0 Å². The molecule has 0 heterocycles. The van der Waals surface area contributed by atoms with E-state index in [9.17, 15) is 13.2 Å². The van der Waals surface area contributed by atoms with E-state index in [4.69, 9.17) is 5.11 Å². The summed E-state index contributed by atoms with van der Waals surface area (Å²) in [5, 5.41) is 8.68. The van der Waals surface area contributed by atoms with E-state index in [0.29, 0.717) is 10.0 Å². The third-order valence-electron chi connectivity index (χ3n) is 2.14. The molecule has 1 rings (SSSR count). The van der Waals surface area contributed by atoms with Crippen LogP contribution in [0, 0.1) is 6.92 Å². The number of halogens is 1. The first kappa shape index (κ1) is 14.1. The molecule has 0 saturated carbocycles. The summed E-state index contributed by atoms with van der Waals surface area (Å²) in [6.45, 7) is 2.92. The zero-order chi connectivity index (χ0) is 13.2. The standard InChI is InChI=1S/C10H12BrNO4S/c1-6-3-4-8(11)5-9(6)17(15,16)12-7(2)10(13)14/h3-5,7,12H,1-2H3,(H,13,14). The summed E-state index contributed by atoms with van der Waals surface area (Å²) in [6, 6.07) is 3.63. The lowest BCUT2D eigenvalue weighted by Gasteiger charge is -2.12. The highest BCUT2D eigenvalue weighted by molar-refractivity contribution is 9.10. The van der Waals surface area contributed by atoms with Crippen molar-refractivity contribution in [2.75, 3.05) is 0 Å². The van der Waals surface area contributed by atoms with Gasteiger partial charge in [-0.3, -0.25) is 4.79 Å². The number of hydrogen-bond acceptors (Lipinski definition) is 3. The van der Waals surface area contributed by atoms with Gasteiger partial charge in [-0.1, -0.05) is 22.0 Å². The molecule has 2 N–H and O–H groups in total. The Hall–Kier alpha value is -0.920. The fourth-order valence-electron chi connectivity index (χ4n) is 1.21. The quantitative estimate of drug-likeness (QED) is 0.880. The second kappa shape index (κ2) is 5.16. The number of nitrogens with one attached hydrogen (secondary N) is 1. The third-order valence-corrected chi connectivity index (χ3v) is 4.32. The van der Waals surface area contributed by atoms with Gasteiger partial charge in [-0.15, -0.1) is 0 Å². The Kier molecular flexibility index (Phi) is 4.29. The molecule has 0 aliphatic heterocycles. The zero-order valence-electron chi connectivity index (χ0n) is 9.27. The van der Waals surface area contributed by atoms with Gasteiger partial charge in [0.15, 0.2) is 0 Å². The lowest BCUT2D eigenvalue weighted by molar-refractivity contribution is -0.138. The molecule has 0 bridgehead atoms. The van der Waals surface area contributed by atoms with Crippen molar-refractivity contribution in [2.45, 2.75) is 24.8 Å². The largest absolute Gasteiger partial charge is 0.480 e. The van der Waals surface area contributed by atoms with E-state index < -0.39 is 22.0 Å². The van der Waals surface area contributed by atoms with Gasteiger partial charge in [0.05, 0.1) is 4.90 Å². The fraction of sp³-hybridized carbons (Fsp3) is 0.300. The second-order valence-corrected chi connectivity index (χ2v) is 6.19. The van der Waals surface area contributed by atoms with E-state index in [1.54, 1.807) is 19.1 Å². The molecule has 1 unspecified atom stereocenters. The summed E-state index contributed by atoms with van der Waals surface area (Å²) in [5.41, 5.74) is 0.554. The van der Waals surface area contributed by atoms with E-state index in [2.05, 4.69) is 20.7 Å². The van der Waals surface area contributed by atoms with Gasteiger partial charge in [0.2, 0.25) is 10.0 Å². The normalized spacial score (nSPS) is 13.4. The number of benzene rings is 1. The molecule has 0 saturated heterocycles. The number of carboxylic acid groups (broad SMARTS) is 1. The molecule has 17 heavy (non-hydrogen) atoms. The van der Waals surface area contributed by atoms with Gasteiger partial charge in [-0.2, -0.15) is 4.72 Å². The van der Waals surface area contributed by atoms with E-state index in [-0.39, 0.29) is 4.90 Å². The van der Waals surface area contributed by atoms with Gasteiger partial charge < -0.3 is 5.11 Å². The summed E-state index contributed by atoms with van der Waals surface area (Å²) < 4.78 is 26.6. The van der Waals surface area contributed by atoms with Gasteiger partial charge in [0, 0.05) is 4.47 Å². The Bertz CT molecular complexity index is 541. The minimum atomic E-state index is -3.82. The molecule has 0 radical (unpaired) electrons. The predicted octanol–water partition coefficient (Wildman–Crippen LogP) is 1.51. The number of rotatable bonds is 4. The van der Waals surface area contributed by atoms with Crippen molar-refractivity contribution in [1.29, 1.82) is 0 Å². The number of sulfonamides is 1. The van der Waals surface area contributed by atoms with Crippen molar-refractivity contribution in [2.24, 2.45) is 0 Å². The van der Waals surface area contributed by atoms with Crippen LogP contribution in [0.25, 0.3) is 0 Å². The predicted molar refractivity (Wildman–Crippen MR) is 66.3 cm³/mol. The highest BCUT2D eigenvalue weighted by Crippen LogP contribution is 2.20. The molecule has 1 atom stereocenters. The Balaban J connectivity index is 3.13. The number of aliphatic carboxylic acids is 1. The van der Waals surface area contributed by atoms with Crippen molar-refractivity contribution in [3.63, 3.8) is 0 Å². The molecule has 1 aromatic carbocycles. The van der Waals surface area contributed by atoms with E-state index in [1.165, 1.54) is 13.0 Å². The van der Waals surface area contributed by atoms with E-state index in [0.717, 1.165) is 0 Å². The number of aryl methyl sites for hydroxylation is 1. The monoisotopic (exact) mass is 321 g/mol. The Morgan fingerprint density at radius 1 is 1.47 bits per heavy atom. The minimum Gasteiger partial charge on any atom is -0.480 e. The number of carbonyl (C=O) groups is 1. The van der Waals surface area contributed by atoms with Gasteiger partial charge in [0.1, 0.15) is 6.04 Å². The average Bonchev–Trinajstić information content (AvgIpc) is 2.20. The van der Waals surface area contributed by atoms with Crippen molar-refractivity contribution in [3.05, 3.63) is 28.2 Å². The van der Waals surface area contributed by atoms with Crippen LogP contribution in [0.3, 0.4) is 0 Å². The average molecular weight is 322 g/mol. The van der Waals surface area contributed by atoms with Gasteiger partial charge in [-0.05, 0) is 31.5 Å². The Morgan fingerprint density at radius 3 is 2.59 bits per heavy atom. The van der Waals surface area contributed by atoms with E-state index in [1.807, 2.05) is 0 Å². The summed E-state index contributed by atoms with van der Waals surface area (Å²) in [5.74, 6) is -1.22. The second-order valence-electron chi connectivity index (χ2n) is 3.59. The topological polar surface area (TPSA) is 83.5 Å². The summed E-state index contributed by atoms with van der Waals surface area (Å²) in [4.78, 5) is 10.7. The maximum Gasteiger partial charge on any atom is 0.321 e. The molecule has 0 aliphatic rings. The van der Waals surface area contributed by atoms with Gasteiger partial charge in [-0.25, -0.2) is 8.42 Å². The van der Waals surface area contributed by atoms with Crippen LogP contribution in [0.4, 0.5) is 0 Å². The Labute approximate surface area is 108 Å². The third kappa shape index (κ3) is 3.52. The van der Waals surface area contributed by atoms with Crippen molar-refractivity contribution >= 4 is 31.9 Å². The smallest absolute Gasteiger partial charge is 0.321 e. The number of hydrogen-bond donors (Lipinski definition) is 2. The molecule has 0 spiro atoms. The van der Waals surface area contributed by atoms with Crippen molar-refractivity contribution < 1.29 is 18.3 Å². The summed E-state index contributed by atoms with van der Waals surface area (Å²) in [7, 11) is -3.82. The lowest BCUT2D eigenvalue weighted by atomic mass is 10.2. The SMILES string of the molecule is Cc1ccc(Br)cc1S(=O)(=O)NC(C)C(=O)O. The number of carboxylic acids is 1. The maximum absolute atomic E-state index is 11.9. The van der Waals surface area contributed by atoms with Gasteiger partial charge in [0.25, 0.3) is 0 Å². The van der Waals surface area contributed by atoms with Crippen LogP contribution >= 0.6 is 15.9 Å². The van der Waals surface area contributed by atoms with Gasteiger partial charge >= 0.3 is 5.97 Å². The molecular weight excluding hydrogens is 310 g/mol. The molecule has 94 valence electrons. The molecule has 1 aromatic rings. The maximum atomic E-state index is 11.9. The van der Waals surface area contributed by atoms with Crippen molar-refractivity contribution in [3.8, 4) is 0 Å². The molecule has 7 heteroatoms.